The van der Waals surface area contributed by atoms with Gasteiger partial charge in [-0.1, -0.05) is 24.6 Å². The molecular formula is C21H28N2O3. The van der Waals surface area contributed by atoms with E-state index in [1.54, 1.807) is 12.1 Å². The summed E-state index contributed by atoms with van der Waals surface area (Å²) in [6.07, 6.45) is 2.14. The summed E-state index contributed by atoms with van der Waals surface area (Å²) < 4.78 is 11.5. The summed E-state index contributed by atoms with van der Waals surface area (Å²) in [6.45, 7) is 9.28. The summed E-state index contributed by atoms with van der Waals surface area (Å²) in [6, 6.07) is 9.56. The first-order valence-corrected chi connectivity index (χ1v) is 9.23. The third-order valence-corrected chi connectivity index (χ3v) is 5.07. The van der Waals surface area contributed by atoms with E-state index in [9.17, 15) is 4.79 Å². The van der Waals surface area contributed by atoms with Crippen molar-refractivity contribution in [1.29, 1.82) is 0 Å². The Balaban J connectivity index is 1.52. The number of amides is 1. The fraction of sp³-hybridized carbons (Fsp3) is 0.476. The average Bonchev–Trinajstić information content (AvgIpc) is 3.09. The minimum atomic E-state index is -0.164. The number of furan rings is 1. The lowest BCUT2D eigenvalue weighted by atomic mass is 9.81. The summed E-state index contributed by atoms with van der Waals surface area (Å²) in [4.78, 5) is 12.3. The summed E-state index contributed by atoms with van der Waals surface area (Å²) in [5, 5.41) is 6.36. The number of nitrogens with one attached hydrogen (secondary N) is 2. The van der Waals surface area contributed by atoms with E-state index in [-0.39, 0.29) is 11.3 Å². The summed E-state index contributed by atoms with van der Waals surface area (Å²) >= 11 is 0. The van der Waals surface area contributed by atoms with Crippen LogP contribution >= 0.6 is 0 Å². The number of carbonyl (C=O) groups is 1. The first-order valence-electron chi connectivity index (χ1n) is 9.23. The molecule has 1 aromatic heterocycles. The highest BCUT2D eigenvalue weighted by atomic mass is 16.5. The predicted octanol–water partition coefficient (Wildman–Crippen LogP) is 3.59. The number of hydrogen-bond donors (Lipinski definition) is 2. The topological polar surface area (TPSA) is 63.5 Å². The van der Waals surface area contributed by atoms with Crippen LogP contribution in [0.15, 0.2) is 34.7 Å². The summed E-state index contributed by atoms with van der Waals surface area (Å²) in [5.41, 5.74) is 2.45. The molecule has 0 unspecified atom stereocenters. The number of aryl methyl sites for hydroxylation is 2. The van der Waals surface area contributed by atoms with Crippen molar-refractivity contribution in [3.8, 4) is 5.75 Å². The van der Waals surface area contributed by atoms with Gasteiger partial charge in [0.05, 0.1) is 0 Å². The van der Waals surface area contributed by atoms with Crippen molar-refractivity contribution < 1.29 is 13.9 Å². The van der Waals surface area contributed by atoms with Crippen LogP contribution in [0.4, 0.5) is 0 Å². The molecular weight excluding hydrogens is 328 g/mol. The number of ether oxygens (including phenoxy) is 1. The second kappa shape index (κ2) is 7.96. The fourth-order valence-electron chi connectivity index (χ4n) is 3.28. The molecule has 1 saturated heterocycles. The molecule has 0 spiro atoms. The maximum atomic E-state index is 12.3. The van der Waals surface area contributed by atoms with E-state index in [0.717, 1.165) is 37.2 Å². The molecule has 140 valence electrons. The Kier molecular flexibility index (Phi) is 5.67. The molecule has 2 heterocycles. The fourth-order valence-corrected chi connectivity index (χ4v) is 3.28. The van der Waals surface area contributed by atoms with Crippen LogP contribution in [0, 0.1) is 19.3 Å². The van der Waals surface area contributed by atoms with Gasteiger partial charge in [-0.05, 0) is 69.0 Å². The van der Waals surface area contributed by atoms with Crippen molar-refractivity contribution >= 4 is 5.91 Å². The normalized spacial score (nSPS) is 16.3. The van der Waals surface area contributed by atoms with Gasteiger partial charge in [0.25, 0.3) is 5.91 Å². The van der Waals surface area contributed by atoms with Crippen molar-refractivity contribution in [3.05, 3.63) is 53.0 Å². The van der Waals surface area contributed by atoms with Gasteiger partial charge in [-0.25, -0.2) is 0 Å². The Morgan fingerprint density at radius 3 is 2.73 bits per heavy atom. The number of benzene rings is 1. The average molecular weight is 356 g/mol. The minimum absolute atomic E-state index is 0.155. The quantitative estimate of drug-likeness (QED) is 0.830. The van der Waals surface area contributed by atoms with Crippen LogP contribution in [-0.2, 0) is 6.61 Å². The lowest BCUT2D eigenvalue weighted by Gasteiger charge is -2.33. The van der Waals surface area contributed by atoms with Crippen molar-refractivity contribution in [2.24, 2.45) is 5.41 Å². The van der Waals surface area contributed by atoms with Crippen LogP contribution < -0.4 is 15.4 Å². The molecule has 0 atom stereocenters. The molecule has 2 N–H and O–H groups in total. The molecule has 1 amide bonds. The van der Waals surface area contributed by atoms with Crippen LogP contribution in [0.25, 0.3) is 0 Å². The lowest BCUT2D eigenvalue weighted by Crippen LogP contribution is -2.42. The molecule has 1 aromatic carbocycles. The first kappa shape index (κ1) is 18.5. The van der Waals surface area contributed by atoms with Gasteiger partial charge < -0.3 is 19.8 Å². The largest absolute Gasteiger partial charge is 0.485 e. The van der Waals surface area contributed by atoms with Gasteiger partial charge in [0, 0.05) is 6.54 Å². The molecule has 0 aliphatic carbocycles. The number of carbonyl (C=O) groups excluding carboxylic acids is 1. The molecule has 1 aliphatic rings. The van der Waals surface area contributed by atoms with E-state index < -0.39 is 0 Å². The van der Waals surface area contributed by atoms with E-state index in [4.69, 9.17) is 9.15 Å². The maximum absolute atomic E-state index is 12.3. The Hall–Kier alpha value is -2.27. The molecule has 2 aromatic rings. The molecule has 3 rings (SSSR count). The maximum Gasteiger partial charge on any atom is 0.287 e. The summed E-state index contributed by atoms with van der Waals surface area (Å²) in [5.74, 6) is 1.64. The van der Waals surface area contributed by atoms with Gasteiger partial charge >= 0.3 is 0 Å². The van der Waals surface area contributed by atoms with Crippen molar-refractivity contribution in [2.75, 3.05) is 19.6 Å². The Morgan fingerprint density at radius 2 is 2.00 bits per heavy atom. The first-order chi connectivity index (χ1) is 12.5. The second-order valence-electron chi connectivity index (χ2n) is 7.57. The van der Waals surface area contributed by atoms with Gasteiger partial charge in [-0.3, -0.25) is 4.79 Å². The number of hydrogen-bond acceptors (Lipinski definition) is 4. The highest BCUT2D eigenvalue weighted by Crippen LogP contribution is 2.27. The van der Waals surface area contributed by atoms with Crippen LogP contribution in [0.3, 0.4) is 0 Å². The monoisotopic (exact) mass is 356 g/mol. The van der Waals surface area contributed by atoms with Crippen molar-refractivity contribution in [1.82, 2.24) is 10.6 Å². The van der Waals surface area contributed by atoms with Crippen LogP contribution in [0.5, 0.6) is 5.75 Å². The zero-order chi connectivity index (χ0) is 18.6. The zero-order valence-corrected chi connectivity index (χ0v) is 15.9. The van der Waals surface area contributed by atoms with Gasteiger partial charge in [0.15, 0.2) is 5.76 Å². The van der Waals surface area contributed by atoms with E-state index in [2.05, 4.69) is 30.5 Å². The SMILES string of the molecule is Cc1ccc(OCc2ccc(C(=O)NCC3(C)CCNCC3)o2)c(C)c1. The highest BCUT2D eigenvalue weighted by molar-refractivity contribution is 5.91. The van der Waals surface area contributed by atoms with E-state index in [1.807, 2.05) is 19.1 Å². The zero-order valence-electron chi connectivity index (χ0n) is 15.9. The number of piperidine rings is 1. The van der Waals surface area contributed by atoms with Crippen LogP contribution in [0.2, 0.25) is 0 Å². The molecule has 0 radical (unpaired) electrons. The molecule has 5 heteroatoms. The Labute approximate surface area is 155 Å². The van der Waals surface area contributed by atoms with Gasteiger partial charge in [0.1, 0.15) is 18.1 Å². The van der Waals surface area contributed by atoms with Crippen LogP contribution in [0.1, 0.15) is 47.2 Å². The Morgan fingerprint density at radius 1 is 1.23 bits per heavy atom. The predicted molar refractivity (Wildman–Crippen MR) is 101 cm³/mol. The third-order valence-electron chi connectivity index (χ3n) is 5.07. The third kappa shape index (κ3) is 4.67. The smallest absolute Gasteiger partial charge is 0.287 e. The van der Waals surface area contributed by atoms with E-state index >= 15 is 0 Å². The minimum Gasteiger partial charge on any atom is -0.485 e. The van der Waals surface area contributed by atoms with Gasteiger partial charge in [0.2, 0.25) is 0 Å². The van der Waals surface area contributed by atoms with Crippen LogP contribution in [-0.4, -0.2) is 25.5 Å². The highest BCUT2D eigenvalue weighted by Gasteiger charge is 2.27. The van der Waals surface area contributed by atoms with E-state index in [0.29, 0.717) is 24.7 Å². The molecule has 1 aliphatic heterocycles. The molecule has 1 fully saturated rings. The van der Waals surface area contributed by atoms with Gasteiger partial charge in [-0.15, -0.1) is 0 Å². The molecule has 0 bridgehead atoms. The lowest BCUT2D eigenvalue weighted by molar-refractivity contribution is 0.0890. The van der Waals surface area contributed by atoms with E-state index in [1.165, 1.54) is 5.56 Å². The summed E-state index contributed by atoms with van der Waals surface area (Å²) in [7, 11) is 0. The standard InChI is InChI=1S/C21H28N2O3/c1-15-4-6-18(16(2)12-15)25-13-17-5-7-19(26-17)20(24)23-14-21(3)8-10-22-11-9-21/h4-7,12,22H,8-11,13-14H2,1-3H3,(H,23,24). The molecule has 5 nitrogen and oxygen atoms in total. The second-order valence-corrected chi connectivity index (χ2v) is 7.57. The molecule has 0 saturated carbocycles. The van der Waals surface area contributed by atoms with Crippen molar-refractivity contribution in [3.63, 3.8) is 0 Å². The Bertz CT molecular complexity index is 760. The van der Waals surface area contributed by atoms with Gasteiger partial charge in [-0.2, -0.15) is 0 Å². The van der Waals surface area contributed by atoms with Crippen molar-refractivity contribution in [2.45, 2.75) is 40.2 Å². The molecule has 26 heavy (non-hydrogen) atoms. The number of rotatable bonds is 6.